The van der Waals surface area contributed by atoms with E-state index in [0.717, 1.165) is 30.1 Å². The summed E-state index contributed by atoms with van der Waals surface area (Å²) in [6, 6.07) is 7.92. The van der Waals surface area contributed by atoms with Crippen molar-refractivity contribution in [3.63, 3.8) is 0 Å². The molecule has 0 radical (unpaired) electrons. The van der Waals surface area contributed by atoms with Crippen LogP contribution < -0.4 is 4.74 Å². The fraction of sp³-hybridized carbons (Fsp3) is 0.500. The van der Waals surface area contributed by atoms with Gasteiger partial charge in [-0.05, 0) is 50.2 Å². The molecular weight excluding hydrogens is 264 g/mol. The minimum absolute atomic E-state index is 0.858. The van der Waals surface area contributed by atoms with Gasteiger partial charge >= 0.3 is 0 Å². The average molecular weight is 286 g/mol. The number of hydrogen-bond acceptors (Lipinski definition) is 4. The van der Waals surface area contributed by atoms with Gasteiger partial charge in [0.25, 0.3) is 0 Å². The highest BCUT2D eigenvalue weighted by Gasteiger charge is 2.10. The van der Waals surface area contributed by atoms with Gasteiger partial charge < -0.3 is 9.64 Å². The molecule has 2 heterocycles. The zero-order valence-electron chi connectivity index (χ0n) is 12.5. The van der Waals surface area contributed by atoms with Crippen LogP contribution in [0.25, 0.3) is 11.3 Å². The SMILES string of the molecule is COc1ccc(-c2cn(CCN3CCCCC3)nn2)cc1. The first kappa shape index (κ1) is 14.1. The van der Waals surface area contributed by atoms with Crippen molar-refractivity contribution in [1.82, 2.24) is 19.9 Å². The predicted octanol–water partition coefficient (Wildman–Crippen LogP) is 2.44. The van der Waals surface area contributed by atoms with E-state index >= 15 is 0 Å². The quantitative estimate of drug-likeness (QED) is 0.847. The monoisotopic (exact) mass is 286 g/mol. The van der Waals surface area contributed by atoms with Gasteiger partial charge in [-0.25, -0.2) is 0 Å². The molecular formula is C16H22N4O. The molecule has 0 amide bonds. The highest BCUT2D eigenvalue weighted by Crippen LogP contribution is 2.20. The highest BCUT2D eigenvalue weighted by molar-refractivity contribution is 5.58. The van der Waals surface area contributed by atoms with Gasteiger partial charge in [-0.2, -0.15) is 0 Å². The molecule has 1 aliphatic heterocycles. The number of methoxy groups -OCH3 is 1. The molecule has 3 rings (SSSR count). The number of likely N-dealkylation sites (tertiary alicyclic amines) is 1. The lowest BCUT2D eigenvalue weighted by molar-refractivity contribution is 0.217. The molecule has 0 saturated carbocycles. The van der Waals surface area contributed by atoms with E-state index in [1.54, 1.807) is 7.11 Å². The zero-order chi connectivity index (χ0) is 14.5. The molecule has 1 saturated heterocycles. The molecule has 0 aliphatic carbocycles. The maximum atomic E-state index is 5.17. The first-order valence-corrected chi connectivity index (χ1v) is 7.62. The molecule has 2 aromatic rings. The summed E-state index contributed by atoms with van der Waals surface area (Å²) in [4.78, 5) is 2.51. The van der Waals surface area contributed by atoms with Crippen molar-refractivity contribution in [3.8, 4) is 17.0 Å². The maximum absolute atomic E-state index is 5.17. The fourth-order valence-corrected chi connectivity index (χ4v) is 2.73. The van der Waals surface area contributed by atoms with Crippen molar-refractivity contribution in [1.29, 1.82) is 0 Å². The minimum atomic E-state index is 0.858. The fourth-order valence-electron chi connectivity index (χ4n) is 2.73. The van der Waals surface area contributed by atoms with Crippen LogP contribution in [0.2, 0.25) is 0 Å². The summed E-state index contributed by atoms with van der Waals surface area (Å²) in [7, 11) is 1.67. The third-order valence-electron chi connectivity index (χ3n) is 4.02. The second-order valence-corrected chi connectivity index (χ2v) is 5.50. The number of benzene rings is 1. The van der Waals surface area contributed by atoms with Gasteiger partial charge in [0.2, 0.25) is 0 Å². The number of nitrogens with zero attached hydrogens (tertiary/aromatic N) is 4. The average Bonchev–Trinajstić information content (AvgIpc) is 3.03. The van der Waals surface area contributed by atoms with Gasteiger partial charge in [0.05, 0.1) is 19.9 Å². The Balaban J connectivity index is 1.59. The lowest BCUT2D eigenvalue weighted by Crippen LogP contribution is -2.32. The van der Waals surface area contributed by atoms with E-state index in [9.17, 15) is 0 Å². The molecule has 5 nitrogen and oxygen atoms in total. The molecule has 1 aliphatic rings. The summed E-state index contributed by atoms with van der Waals surface area (Å²) in [6.45, 7) is 4.41. The molecule has 1 aromatic carbocycles. The number of ether oxygens (including phenoxy) is 1. The Kier molecular flexibility index (Phi) is 4.50. The van der Waals surface area contributed by atoms with Crippen LogP contribution in [0, 0.1) is 0 Å². The van der Waals surface area contributed by atoms with E-state index in [2.05, 4.69) is 15.2 Å². The minimum Gasteiger partial charge on any atom is -0.497 e. The molecule has 0 spiro atoms. The van der Waals surface area contributed by atoms with Crippen LogP contribution in [0.5, 0.6) is 5.75 Å². The Morgan fingerprint density at radius 2 is 1.81 bits per heavy atom. The van der Waals surface area contributed by atoms with Crippen LogP contribution >= 0.6 is 0 Å². The number of rotatable bonds is 5. The molecule has 0 atom stereocenters. The van der Waals surface area contributed by atoms with Crippen molar-refractivity contribution in [2.45, 2.75) is 25.8 Å². The van der Waals surface area contributed by atoms with E-state index in [-0.39, 0.29) is 0 Å². The van der Waals surface area contributed by atoms with E-state index in [1.807, 2.05) is 35.1 Å². The number of hydrogen-bond donors (Lipinski definition) is 0. The van der Waals surface area contributed by atoms with Crippen molar-refractivity contribution >= 4 is 0 Å². The maximum Gasteiger partial charge on any atom is 0.118 e. The lowest BCUT2D eigenvalue weighted by Gasteiger charge is -2.25. The Labute approximate surface area is 125 Å². The predicted molar refractivity (Wildman–Crippen MR) is 82.3 cm³/mol. The van der Waals surface area contributed by atoms with Crippen molar-refractivity contribution in [3.05, 3.63) is 30.5 Å². The lowest BCUT2D eigenvalue weighted by atomic mass is 10.1. The third kappa shape index (κ3) is 3.61. The van der Waals surface area contributed by atoms with Gasteiger partial charge in [0.1, 0.15) is 11.4 Å². The van der Waals surface area contributed by atoms with Gasteiger partial charge in [-0.1, -0.05) is 11.6 Å². The van der Waals surface area contributed by atoms with E-state index in [0.29, 0.717) is 0 Å². The molecule has 1 aromatic heterocycles. The van der Waals surface area contributed by atoms with Gasteiger partial charge in [-0.15, -0.1) is 5.10 Å². The second kappa shape index (κ2) is 6.72. The smallest absolute Gasteiger partial charge is 0.118 e. The topological polar surface area (TPSA) is 43.2 Å². The Morgan fingerprint density at radius 1 is 1.05 bits per heavy atom. The molecule has 21 heavy (non-hydrogen) atoms. The Hall–Kier alpha value is -1.88. The summed E-state index contributed by atoms with van der Waals surface area (Å²) in [5.74, 6) is 0.858. The summed E-state index contributed by atoms with van der Waals surface area (Å²) >= 11 is 0. The molecule has 1 fully saturated rings. The van der Waals surface area contributed by atoms with Crippen LogP contribution in [-0.2, 0) is 6.54 Å². The summed E-state index contributed by atoms with van der Waals surface area (Å²) in [5, 5.41) is 8.49. The summed E-state index contributed by atoms with van der Waals surface area (Å²) in [6.07, 6.45) is 6.05. The molecule has 0 bridgehead atoms. The normalized spacial score (nSPS) is 16.0. The Morgan fingerprint density at radius 3 is 2.52 bits per heavy atom. The van der Waals surface area contributed by atoms with Crippen LogP contribution in [0.1, 0.15) is 19.3 Å². The first-order chi connectivity index (χ1) is 10.3. The van der Waals surface area contributed by atoms with Crippen molar-refractivity contribution in [2.24, 2.45) is 0 Å². The zero-order valence-corrected chi connectivity index (χ0v) is 12.5. The summed E-state index contributed by atoms with van der Waals surface area (Å²) in [5.41, 5.74) is 1.98. The van der Waals surface area contributed by atoms with Crippen LogP contribution in [0.4, 0.5) is 0 Å². The Bertz CT molecular complexity index is 558. The summed E-state index contributed by atoms with van der Waals surface area (Å²) < 4.78 is 7.11. The third-order valence-corrected chi connectivity index (χ3v) is 4.02. The molecule has 5 heteroatoms. The van der Waals surface area contributed by atoms with Crippen molar-refractivity contribution < 1.29 is 4.74 Å². The van der Waals surface area contributed by atoms with Gasteiger partial charge in [-0.3, -0.25) is 4.68 Å². The first-order valence-electron chi connectivity index (χ1n) is 7.62. The molecule has 112 valence electrons. The van der Waals surface area contributed by atoms with Gasteiger partial charge in [0.15, 0.2) is 0 Å². The van der Waals surface area contributed by atoms with E-state index in [4.69, 9.17) is 4.74 Å². The molecule has 0 N–H and O–H groups in total. The van der Waals surface area contributed by atoms with Crippen LogP contribution in [0.15, 0.2) is 30.5 Å². The van der Waals surface area contributed by atoms with Crippen LogP contribution in [0.3, 0.4) is 0 Å². The van der Waals surface area contributed by atoms with E-state index in [1.165, 1.54) is 32.4 Å². The molecule has 0 unspecified atom stereocenters. The number of piperidine rings is 1. The second-order valence-electron chi connectivity index (χ2n) is 5.50. The standard InChI is InChI=1S/C16H22N4O/c1-21-15-7-5-14(6-8-15)16-13-20(18-17-16)12-11-19-9-3-2-4-10-19/h5-8,13H,2-4,9-12H2,1H3. The van der Waals surface area contributed by atoms with Crippen LogP contribution in [-0.4, -0.2) is 46.6 Å². The van der Waals surface area contributed by atoms with Gasteiger partial charge in [0, 0.05) is 12.1 Å². The van der Waals surface area contributed by atoms with E-state index < -0.39 is 0 Å². The highest BCUT2D eigenvalue weighted by atomic mass is 16.5. The number of aromatic nitrogens is 3. The van der Waals surface area contributed by atoms with Crippen molar-refractivity contribution in [2.75, 3.05) is 26.7 Å². The largest absolute Gasteiger partial charge is 0.497 e.